The average Bonchev–Trinajstić information content (AvgIpc) is 3.15. The van der Waals surface area contributed by atoms with E-state index >= 15 is 0 Å². The molecule has 4 nitrogen and oxygen atoms in total. The predicted octanol–water partition coefficient (Wildman–Crippen LogP) is 5.22. The molecule has 1 atom stereocenters. The van der Waals surface area contributed by atoms with E-state index in [0.29, 0.717) is 6.42 Å². The fourth-order valence-corrected chi connectivity index (χ4v) is 2.89. The number of benzene rings is 2. The van der Waals surface area contributed by atoms with Crippen LogP contribution in [0.5, 0.6) is 11.5 Å². The Bertz CT molecular complexity index is 832. The molecule has 0 spiro atoms. The number of hydrogen-bond acceptors (Lipinski definition) is 3. The number of carbonyl (C=O) groups excluding carboxylic acids is 1. The van der Waals surface area contributed by atoms with Gasteiger partial charge in [0.15, 0.2) is 0 Å². The summed E-state index contributed by atoms with van der Waals surface area (Å²) in [5.74, 6) is 1.52. The molecule has 0 amide bonds. The Kier molecular flexibility index (Phi) is 5.21. The van der Waals surface area contributed by atoms with Crippen LogP contribution in [0.25, 0.3) is 0 Å². The molecule has 4 heteroatoms. The molecule has 0 aliphatic rings. The quantitative estimate of drug-likeness (QED) is 0.635. The Morgan fingerprint density at radius 3 is 2.27 bits per heavy atom. The highest BCUT2D eigenvalue weighted by Gasteiger charge is 2.32. The van der Waals surface area contributed by atoms with Crippen molar-refractivity contribution in [2.45, 2.75) is 27.2 Å². The second-order valence-electron chi connectivity index (χ2n) is 7.49. The molecule has 134 valence electrons. The fourth-order valence-electron chi connectivity index (χ4n) is 2.89. The number of aromatic nitrogens is 2. The molecule has 26 heavy (non-hydrogen) atoms. The van der Waals surface area contributed by atoms with Crippen LogP contribution < -0.4 is 4.74 Å². The van der Waals surface area contributed by atoms with Crippen LogP contribution in [0.15, 0.2) is 73.3 Å². The van der Waals surface area contributed by atoms with E-state index in [4.69, 9.17) is 4.74 Å². The molecule has 3 rings (SSSR count). The van der Waals surface area contributed by atoms with Gasteiger partial charge < -0.3 is 4.74 Å². The molecule has 0 fully saturated rings. The van der Waals surface area contributed by atoms with E-state index in [1.165, 1.54) is 0 Å². The molecular formula is C22H24N2O2. The van der Waals surface area contributed by atoms with Crippen molar-refractivity contribution in [3.63, 3.8) is 0 Å². The van der Waals surface area contributed by atoms with Crippen LogP contribution in [-0.2, 0) is 6.42 Å². The summed E-state index contributed by atoms with van der Waals surface area (Å²) in [7, 11) is 0. The summed E-state index contributed by atoms with van der Waals surface area (Å²) < 4.78 is 7.40. The minimum atomic E-state index is -0.152. The topological polar surface area (TPSA) is 44.1 Å². The summed E-state index contributed by atoms with van der Waals surface area (Å²) in [5, 5.41) is 0. The molecular weight excluding hydrogens is 324 g/mol. The van der Waals surface area contributed by atoms with Gasteiger partial charge in [0.05, 0.1) is 0 Å². The third kappa shape index (κ3) is 4.39. The van der Waals surface area contributed by atoms with E-state index in [-0.39, 0.29) is 17.2 Å². The van der Waals surface area contributed by atoms with Gasteiger partial charge in [-0.3, -0.25) is 9.36 Å². The molecule has 2 aromatic carbocycles. The standard InChI is InChI=1S/C22H24N2O2/c1-22(2,3)20(21(25)24-14-13-23-16-24)15-17-9-11-19(12-10-17)26-18-7-5-4-6-8-18/h4-14,16,20H,15H2,1-3H3. The van der Waals surface area contributed by atoms with Gasteiger partial charge in [0.1, 0.15) is 17.8 Å². The van der Waals surface area contributed by atoms with E-state index in [0.717, 1.165) is 17.1 Å². The summed E-state index contributed by atoms with van der Waals surface area (Å²) in [6, 6.07) is 17.6. The molecule has 1 heterocycles. The van der Waals surface area contributed by atoms with Gasteiger partial charge in [0.25, 0.3) is 0 Å². The third-order valence-corrected chi connectivity index (χ3v) is 4.44. The Morgan fingerprint density at radius 1 is 1.04 bits per heavy atom. The first kappa shape index (κ1) is 17.9. The Hall–Kier alpha value is -2.88. The third-order valence-electron chi connectivity index (χ3n) is 4.44. The zero-order valence-corrected chi connectivity index (χ0v) is 15.4. The smallest absolute Gasteiger partial charge is 0.235 e. The minimum Gasteiger partial charge on any atom is -0.457 e. The Morgan fingerprint density at radius 2 is 1.69 bits per heavy atom. The first-order valence-electron chi connectivity index (χ1n) is 8.77. The fraction of sp³-hybridized carbons (Fsp3) is 0.273. The normalized spacial score (nSPS) is 12.6. The molecule has 0 bridgehead atoms. The van der Waals surface area contributed by atoms with E-state index in [2.05, 4.69) is 25.8 Å². The van der Waals surface area contributed by atoms with Crippen LogP contribution in [0.3, 0.4) is 0 Å². The number of para-hydroxylation sites is 1. The lowest BCUT2D eigenvalue weighted by molar-refractivity contribution is 0.0724. The lowest BCUT2D eigenvalue weighted by atomic mass is 9.76. The zero-order valence-electron chi connectivity index (χ0n) is 15.4. The van der Waals surface area contributed by atoms with Crippen LogP contribution in [0.2, 0.25) is 0 Å². The second kappa shape index (κ2) is 7.56. The molecule has 0 aliphatic carbocycles. The minimum absolute atomic E-state index is 0.0691. The molecule has 0 saturated heterocycles. The maximum absolute atomic E-state index is 12.9. The van der Waals surface area contributed by atoms with Crippen molar-refractivity contribution >= 4 is 5.91 Å². The van der Waals surface area contributed by atoms with Gasteiger partial charge in [0, 0.05) is 18.3 Å². The van der Waals surface area contributed by atoms with Gasteiger partial charge in [-0.05, 0) is 41.7 Å². The van der Waals surface area contributed by atoms with Crippen molar-refractivity contribution in [2.75, 3.05) is 0 Å². The molecule has 0 radical (unpaired) electrons. The highest BCUT2D eigenvalue weighted by atomic mass is 16.5. The number of ether oxygens (including phenoxy) is 1. The lowest BCUT2D eigenvalue weighted by Gasteiger charge is -2.29. The van der Waals surface area contributed by atoms with E-state index < -0.39 is 0 Å². The van der Waals surface area contributed by atoms with Crippen LogP contribution >= 0.6 is 0 Å². The maximum atomic E-state index is 12.9. The van der Waals surface area contributed by atoms with Crippen LogP contribution in [-0.4, -0.2) is 15.5 Å². The monoisotopic (exact) mass is 348 g/mol. The van der Waals surface area contributed by atoms with Gasteiger partial charge in [-0.2, -0.15) is 0 Å². The molecule has 1 aromatic heterocycles. The van der Waals surface area contributed by atoms with Crippen LogP contribution in [0, 0.1) is 11.3 Å². The Balaban J connectivity index is 1.74. The van der Waals surface area contributed by atoms with Crippen molar-refractivity contribution in [2.24, 2.45) is 11.3 Å². The number of nitrogens with zero attached hydrogens (tertiary/aromatic N) is 2. The summed E-state index contributed by atoms with van der Waals surface area (Å²) in [6.07, 6.45) is 5.58. The van der Waals surface area contributed by atoms with Crippen molar-refractivity contribution in [1.82, 2.24) is 9.55 Å². The first-order valence-corrected chi connectivity index (χ1v) is 8.77. The van der Waals surface area contributed by atoms with Gasteiger partial charge in [-0.1, -0.05) is 51.1 Å². The SMILES string of the molecule is CC(C)(C)C(Cc1ccc(Oc2ccccc2)cc1)C(=O)n1ccnc1. The van der Waals surface area contributed by atoms with Crippen LogP contribution in [0.1, 0.15) is 31.1 Å². The van der Waals surface area contributed by atoms with Gasteiger partial charge in [-0.15, -0.1) is 0 Å². The molecule has 3 aromatic rings. The molecule has 0 aliphatic heterocycles. The van der Waals surface area contributed by atoms with Crippen molar-refractivity contribution in [3.05, 3.63) is 78.9 Å². The number of rotatable bonds is 5. The second-order valence-corrected chi connectivity index (χ2v) is 7.49. The zero-order chi connectivity index (χ0) is 18.6. The number of imidazole rings is 1. The van der Waals surface area contributed by atoms with E-state index in [9.17, 15) is 4.79 Å². The number of carbonyl (C=O) groups is 1. The molecule has 0 N–H and O–H groups in total. The van der Waals surface area contributed by atoms with Gasteiger partial charge in [-0.25, -0.2) is 4.98 Å². The van der Waals surface area contributed by atoms with Crippen molar-refractivity contribution < 1.29 is 9.53 Å². The average molecular weight is 348 g/mol. The van der Waals surface area contributed by atoms with Crippen LogP contribution in [0.4, 0.5) is 0 Å². The highest BCUT2D eigenvalue weighted by Crippen LogP contribution is 2.31. The lowest BCUT2D eigenvalue weighted by Crippen LogP contribution is -2.33. The van der Waals surface area contributed by atoms with Crippen molar-refractivity contribution in [3.8, 4) is 11.5 Å². The van der Waals surface area contributed by atoms with Crippen molar-refractivity contribution in [1.29, 1.82) is 0 Å². The maximum Gasteiger partial charge on any atom is 0.235 e. The van der Waals surface area contributed by atoms with E-state index in [1.807, 2.05) is 54.6 Å². The first-order chi connectivity index (χ1) is 12.4. The summed E-state index contributed by atoms with van der Waals surface area (Å²) in [6.45, 7) is 6.29. The summed E-state index contributed by atoms with van der Waals surface area (Å²) >= 11 is 0. The summed E-state index contributed by atoms with van der Waals surface area (Å²) in [5.41, 5.74) is 0.958. The Labute approximate surface area is 154 Å². The van der Waals surface area contributed by atoms with Gasteiger partial charge in [0.2, 0.25) is 5.91 Å². The van der Waals surface area contributed by atoms with E-state index in [1.54, 1.807) is 23.3 Å². The largest absolute Gasteiger partial charge is 0.457 e. The molecule has 1 unspecified atom stereocenters. The highest BCUT2D eigenvalue weighted by molar-refractivity contribution is 5.82. The number of hydrogen-bond donors (Lipinski definition) is 0. The van der Waals surface area contributed by atoms with Gasteiger partial charge >= 0.3 is 0 Å². The predicted molar refractivity (Wildman–Crippen MR) is 102 cm³/mol. The summed E-state index contributed by atoms with van der Waals surface area (Å²) in [4.78, 5) is 16.9. The molecule has 0 saturated carbocycles.